The molecular formula is C11H18ClN3O. The predicted octanol–water partition coefficient (Wildman–Crippen LogP) is 1.53. The summed E-state index contributed by atoms with van der Waals surface area (Å²) in [5, 5.41) is 0.661. The van der Waals surface area contributed by atoms with Crippen LogP contribution in [0, 0.1) is 0 Å². The molecule has 3 N–H and O–H groups in total. The molecule has 0 spiro atoms. The summed E-state index contributed by atoms with van der Waals surface area (Å²) >= 11 is 6.04. The molecule has 5 heteroatoms. The van der Waals surface area contributed by atoms with E-state index >= 15 is 0 Å². The topological polar surface area (TPSA) is 60.2 Å². The minimum Gasteiger partial charge on any atom is -0.380 e. The third-order valence-corrected chi connectivity index (χ3v) is 3.00. The van der Waals surface area contributed by atoms with Gasteiger partial charge in [0.1, 0.15) is 0 Å². The summed E-state index contributed by atoms with van der Waals surface area (Å²) in [6.45, 7) is 2.06. The lowest BCUT2D eigenvalue weighted by Gasteiger charge is -2.24. The second kappa shape index (κ2) is 6.81. The van der Waals surface area contributed by atoms with Crippen LogP contribution in [0.4, 0.5) is 0 Å². The highest BCUT2D eigenvalue weighted by atomic mass is 35.5. The van der Waals surface area contributed by atoms with Gasteiger partial charge in [0.25, 0.3) is 0 Å². The van der Waals surface area contributed by atoms with Gasteiger partial charge in [-0.1, -0.05) is 18.5 Å². The van der Waals surface area contributed by atoms with Gasteiger partial charge in [-0.2, -0.15) is 0 Å². The summed E-state index contributed by atoms with van der Waals surface area (Å²) < 4.78 is 5.36. The molecule has 2 unspecified atom stereocenters. The number of pyridine rings is 1. The van der Waals surface area contributed by atoms with Crippen LogP contribution in [0.2, 0.25) is 5.02 Å². The summed E-state index contributed by atoms with van der Waals surface area (Å²) in [6, 6.07) is 1.95. The van der Waals surface area contributed by atoms with Gasteiger partial charge in [0.2, 0.25) is 0 Å². The van der Waals surface area contributed by atoms with E-state index in [9.17, 15) is 0 Å². The number of ether oxygens (including phenoxy) is 1. The van der Waals surface area contributed by atoms with Crippen molar-refractivity contribution in [1.82, 2.24) is 10.4 Å². The molecule has 0 saturated carbocycles. The van der Waals surface area contributed by atoms with Gasteiger partial charge in [-0.05, 0) is 24.5 Å². The van der Waals surface area contributed by atoms with Gasteiger partial charge in [-0.3, -0.25) is 16.3 Å². The minimum absolute atomic E-state index is 0.0508. The smallest absolute Gasteiger partial charge is 0.0738 e. The molecule has 2 atom stereocenters. The number of halogens is 1. The van der Waals surface area contributed by atoms with Crippen molar-refractivity contribution in [2.75, 3.05) is 7.11 Å². The Labute approximate surface area is 101 Å². The summed E-state index contributed by atoms with van der Waals surface area (Å²) in [4.78, 5) is 3.95. The first-order chi connectivity index (χ1) is 7.72. The van der Waals surface area contributed by atoms with Crippen molar-refractivity contribution in [1.29, 1.82) is 0 Å². The average molecular weight is 244 g/mol. The molecule has 90 valence electrons. The summed E-state index contributed by atoms with van der Waals surface area (Å²) in [6.07, 6.45) is 5.06. The number of hydrogen-bond acceptors (Lipinski definition) is 4. The molecule has 1 aromatic heterocycles. The summed E-state index contributed by atoms with van der Waals surface area (Å²) in [5.41, 5.74) is 3.80. The monoisotopic (exact) mass is 243 g/mol. The third kappa shape index (κ3) is 3.42. The van der Waals surface area contributed by atoms with Crippen LogP contribution in [0.15, 0.2) is 18.5 Å². The number of hydrazine groups is 1. The first kappa shape index (κ1) is 13.4. The maximum Gasteiger partial charge on any atom is 0.0738 e. The second-order valence-electron chi connectivity index (χ2n) is 3.63. The van der Waals surface area contributed by atoms with Crippen LogP contribution in [0.5, 0.6) is 0 Å². The Bertz CT molecular complexity index is 318. The lowest BCUT2D eigenvalue weighted by molar-refractivity contribution is 0.0653. The first-order valence-electron chi connectivity index (χ1n) is 5.30. The van der Waals surface area contributed by atoms with Gasteiger partial charge in [-0.25, -0.2) is 0 Å². The lowest BCUT2D eigenvalue weighted by atomic mass is 10.0. The van der Waals surface area contributed by atoms with Gasteiger partial charge >= 0.3 is 0 Å². The predicted molar refractivity (Wildman–Crippen MR) is 65.2 cm³/mol. The van der Waals surface area contributed by atoms with Crippen LogP contribution >= 0.6 is 11.6 Å². The summed E-state index contributed by atoms with van der Waals surface area (Å²) in [5.74, 6) is 5.53. The molecule has 1 aromatic rings. The van der Waals surface area contributed by atoms with Crippen molar-refractivity contribution >= 4 is 11.6 Å². The fraction of sp³-hybridized carbons (Fsp3) is 0.545. The molecule has 0 fully saturated rings. The molecule has 0 aliphatic carbocycles. The highest BCUT2D eigenvalue weighted by Crippen LogP contribution is 2.17. The van der Waals surface area contributed by atoms with Crippen LogP contribution in [0.1, 0.15) is 18.9 Å². The normalized spacial score (nSPS) is 14.8. The highest BCUT2D eigenvalue weighted by molar-refractivity contribution is 6.31. The van der Waals surface area contributed by atoms with Crippen LogP contribution < -0.4 is 11.3 Å². The number of aromatic nitrogens is 1. The second-order valence-corrected chi connectivity index (χ2v) is 4.03. The molecule has 4 nitrogen and oxygen atoms in total. The zero-order chi connectivity index (χ0) is 12.0. The van der Waals surface area contributed by atoms with Crippen molar-refractivity contribution in [3.63, 3.8) is 0 Å². The Morgan fingerprint density at radius 2 is 2.38 bits per heavy atom. The van der Waals surface area contributed by atoms with Crippen molar-refractivity contribution in [2.24, 2.45) is 5.84 Å². The third-order valence-electron chi connectivity index (χ3n) is 2.66. The van der Waals surface area contributed by atoms with E-state index in [1.54, 1.807) is 19.5 Å². The molecule has 0 aliphatic heterocycles. The number of rotatable bonds is 6. The van der Waals surface area contributed by atoms with Crippen LogP contribution in [-0.4, -0.2) is 24.2 Å². The highest BCUT2D eigenvalue weighted by Gasteiger charge is 2.19. The van der Waals surface area contributed by atoms with E-state index in [2.05, 4.69) is 17.3 Å². The Morgan fingerprint density at radius 1 is 1.62 bits per heavy atom. The molecule has 16 heavy (non-hydrogen) atoms. The summed E-state index contributed by atoms with van der Waals surface area (Å²) in [7, 11) is 1.69. The molecule has 0 aliphatic rings. The number of nitrogens with one attached hydrogen (secondary N) is 1. The first-order valence-corrected chi connectivity index (χ1v) is 5.68. The van der Waals surface area contributed by atoms with Gasteiger partial charge in [0.05, 0.1) is 17.2 Å². The van der Waals surface area contributed by atoms with Gasteiger partial charge in [-0.15, -0.1) is 0 Å². The largest absolute Gasteiger partial charge is 0.380 e. The number of hydrogen-bond donors (Lipinski definition) is 2. The molecule has 0 radical (unpaired) electrons. The fourth-order valence-corrected chi connectivity index (χ4v) is 1.92. The van der Waals surface area contributed by atoms with E-state index in [4.69, 9.17) is 22.2 Å². The maximum atomic E-state index is 6.04. The van der Waals surface area contributed by atoms with Crippen LogP contribution in [0.3, 0.4) is 0 Å². The molecular weight excluding hydrogens is 226 g/mol. The molecule has 0 aromatic carbocycles. The van der Waals surface area contributed by atoms with E-state index in [0.717, 1.165) is 18.4 Å². The Kier molecular flexibility index (Phi) is 5.69. The Hall–Kier alpha value is -0.680. The van der Waals surface area contributed by atoms with Gasteiger partial charge < -0.3 is 4.74 Å². The standard InChI is InChI=1S/C11H18ClN3O/c1-3-11(16-2)10(15-13)6-8-4-5-14-7-9(8)12/h4-5,7,10-11,15H,3,6,13H2,1-2H3. The van der Waals surface area contributed by atoms with Crippen molar-refractivity contribution in [2.45, 2.75) is 31.9 Å². The maximum absolute atomic E-state index is 6.04. The zero-order valence-corrected chi connectivity index (χ0v) is 10.4. The van der Waals surface area contributed by atoms with Crippen molar-refractivity contribution in [3.8, 4) is 0 Å². The van der Waals surface area contributed by atoms with Gasteiger partial charge in [0, 0.05) is 19.5 Å². The van der Waals surface area contributed by atoms with Crippen molar-refractivity contribution < 1.29 is 4.74 Å². The van der Waals surface area contributed by atoms with Crippen LogP contribution in [0.25, 0.3) is 0 Å². The van der Waals surface area contributed by atoms with E-state index in [-0.39, 0.29) is 12.1 Å². The van der Waals surface area contributed by atoms with Crippen molar-refractivity contribution in [3.05, 3.63) is 29.0 Å². The van der Waals surface area contributed by atoms with Gasteiger partial charge in [0.15, 0.2) is 0 Å². The number of nitrogens with zero attached hydrogens (tertiary/aromatic N) is 1. The van der Waals surface area contributed by atoms with E-state index in [1.165, 1.54) is 0 Å². The number of methoxy groups -OCH3 is 1. The Balaban J connectivity index is 2.73. The SMILES string of the molecule is CCC(OC)C(Cc1ccncc1Cl)NN. The quantitative estimate of drug-likeness (QED) is 0.588. The van der Waals surface area contributed by atoms with E-state index < -0.39 is 0 Å². The molecule has 0 saturated heterocycles. The molecule has 0 amide bonds. The fourth-order valence-electron chi connectivity index (χ4n) is 1.72. The minimum atomic E-state index is 0.0508. The zero-order valence-electron chi connectivity index (χ0n) is 9.61. The number of nitrogens with two attached hydrogens (primary N) is 1. The lowest BCUT2D eigenvalue weighted by Crippen LogP contribution is -2.46. The molecule has 0 bridgehead atoms. The van der Waals surface area contributed by atoms with Crippen LogP contribution in [-0.2, 0) is 11.2 Å². The van der Waals surface area contributed by atoms with E-state index in [1.807, 2.05) is 6.07 Å². The van der Waals surface area contributed by atoms with E-state index in [0.29, 0.717) is 5.02 Å². The average Bonchev–Trinajstić information content (AvgIpc) is 2.31. The molecule has 1 rings (SSSR count). The Morgan fingerprint density at radius 3 is 2.88 bits per heavy atom. The molecule has 1 heterocycles.